The normalized spacial score (nSPS) is 10.7. The molecule has 2 heterocycles. The molecule has 0 aliphatic heterocycles. The molecule has 0 bridgehead atoms. The molecule has 4 rings (SSSR count). The Hall–Kier alpha value is -3.78. The summed E-state index contributed by atoms with van der Waals surface area (Å²) in [6, 6.07) is 17.7. The monoisotopic (exact) mass is 418 g/mol. The predicted octanol–water partition coefficient (Wildman–Crippen LogP) is 3.78. The fourth-order valence-corrected chi connectivity index (χ4v) is 4.21. The number of hydrogen-bond donors (Lipinski definition) is 2. The molecule has 30 heavy (non-hydrogen) atoms. The lowest BCUT2D eigenvalue weighted by atomic mass is 10.0. The van der Waals surface area contributed by atoms with Crippen molar-refractivity contribution in [2.24, 2.45) is 0 Å². The van der Waals surface area contributed by atoms with Crippen LogP contribution in [0.15, 0.2) is 71.8 Å². The van der Waals surface area contributed by atoms with Crippen LogP contribution in [0.3, 0.4) is 0 Å². The molecule has 0 saturated carbocycles. The van der Waals surface area contributed by atoms with E-state index in [0.717, 1.165) is 16.0 Å². The Morgan fingerprint density at radius 1 is 1.03 bits per heavy atom. The van der Waals surface area contributed by atoms with Gasteiger partial charge in [-0.25, -0.2) is 9.78 Å². The summed E-state index contributed by atoms with van der Waals surface area (Å²) in [4.78, 5) is 43.4. The molecule has 2 aromatic carbocycles. The Labute approximate surface area is 176 Å². The van der Waals surface area contributed by atoms with Crippen molar-refractivity contribution < 1.29 is 9.59 Å². The number of aryl methyl sites for hydroxylation is 1. The zero-order valence-corrected chi connectivity index (χ0v) is 16.9. The van der Waals surface area contributed by atoms with Crippen LogP contribution in [0.25, 0.3) is 21.3 Å². The minimum Gasteiger partial charge on any atom is -0.308 e. The first-order valence-electron chi connectivity index (χ1n) is 9.23. The van der Waals surface area contributed by atoms with Crippen molar-refractivity contribution in [1.29, 1.82) is 0 Å². The van der Waals surface area contributed by atoms with Gasteiger partial charge in [0.05, 0.1) is 11.7 Å². The predicted molar refractivity (Wildman–Crippen MR) is 118 cm³/mol. The third kappa shape index (κ3) is 3.99. The maximum atomic E-state index is 13.1. The van der Waals surface area contributed by atoms with Gasteiger partial charge in [0.1, 0.15) is 11.4 Å². The number of nitrogens with zero attached hydrogens (tertiary/aromatic N) is 2. The minimum atomic E-state index is -0.662. The number of carbonyl (C=O) groups is 2. The summed E-state index contributed by atoms with van der Waals surface area (Å²) in [6.45, 7) is 1.63. The highest BCUT2D eigenvalue weighted by molar-refractivity contribution is 7.19. The van der Waals surface area contributed by atoms with E-state index in [9.17, 15) is 14.4 Å². The fraction of sp³-hybridized carbons (Fsp3) is 0.0909. The number of benzene rings is 2. The number of nitrogens with one attached hydrogen (secondary N) is 2. The van der Waals surface area contributed by atoms with E-state index in [1.807, 2.05) is 43.3 Å². The van der Waals surface area contributed by atoms with Crippen molar-refractivity contribution in [3.8, 4) is 11.1 Å². The smallest absolute Gasteiger partial charge is 0.308 e. The second-order valence-corrected chi connectivity index (χ2v) is 7.83. The van der Waals surface area contributed by atoms with Crippen molar-refractivity contribution in [3.05, 3.63) is 82.2 Å². The number of amides is 3. The SMILES string of the molecule is Cc1sc2ncn(CC(=O)NC(=O)Nc3ccccc3)c(=O)c2c1-c1ccccc1. The van der Waals surface area contributed by atoms with Gasteiger partial charge in [-0.3, -0.25) is 19.5 Å². The first kappa shape index (κ1) is 19.5. The molecule has 2 N–H and O–H groups in total. The molecule has 7 nitrogen and oxygen atoms in total. The molecular weight excluding hydrogens is 400 g/mol. The van der Waals surface area contributed by atoms with Crippen molar-refractivity contribution in [1.82, 2.24) is 14.9 Å². The Kier molecular flexibility index (Phi) is 5.40. The van der Waals surface area contributed by atoms with E-state index in [0.29, 0.717) is 15.9 Å². The van der Waals surface area contributed by atoms with Crippen LogP contribution >= 0.6 is 11.3 Å². The summed E-state index contributed by atoms with van der Waals surface area (Å²) < 4.78 is 1.21. The number of fused-ring (bicyclic) bond motifs is 1. The van der Waals surface area contributed by atoms with Gasteiger partial charge in [-0.2, -0.15) is 0 Å². The lowest BCUT2D eigenvalue weighted by molar-refractivity contribution is -0.120. The van der Waals surface area contributed by atoms with Crippen LogP contribution < -0.4 is 16.2 Å². The van der Waals surface area contributed by atoms with Crippen LogP contribution in [-0.4, -0.2) is 21.5 Å². The minimum absolute atomic E-state index is 0.312. The summed E-state index contributed by atoms with van der Waals surface area (Å²) in [5.41, 5.74) is 1.99. The van der Waals surface area contributed by atoms with Crippen molar-refractivity contribution in [2.75, 3.05) is 5.32 Å². The number of urea groups is 1. The van der Waals surface area contributed by atoms with E-state index in [2.05, 4.69) is 15.6 Å². The van der Waals surface area contributed by atoms with E-state index in [4.69, 9.17) is 0 Å². The number of carbonyl (C=O) groups excluding carboxylic acids is 2. The van der Waals surface area contributed by atoms with E-state index >= 15 is 0 Å². The third-order valence-electron chi connectivity index (χ3n) is 4.52. The van der Waals surface area contributed by atoms with Crippen molar-refractivity contribution in [2.45, 2.75) is 13.5 Å². The molecule has 150 valence electrons. The zero-order valence-electron chi connectivity index (χ0n) is 16.1. The Bertz CT molecular complexity index is 1280. The van der Waals surface area contributed by atoms with Gasteiger partial charge in [0.15, 0.2) is 0 Å². The van der Waals surface area contributed by atoms with Gasteiger partial charge >= 0.3 is 6.03 Å². The number of thiophene rings is 1. The average Bonchev–Trinajstić information content (AvgIpc) is 3.08. The van der Waals surface area contributed by atoms with Crippen LogP contribution in [-0.2, 0) is 11.3 Å². The molecule has 0 fully saturated rings. The molecule has 0 spiro atoms. The highest BCUT2D eigenvalue weighted by Gasteiger charge is 2.18. The highest BCUT2D eigenvalue weighted by Crippen LogP contribution is 2.35. The fourth-order valence-electron chi connectivity index (χ4n) is 3.21. The second-order valence-electron chi connectivity index (χ2n) is 6.63. The van der Waals surface area contributed by atoms with Crippen LogP contribution in [0, 0.1) is 6.92 Å². The largest absolute Gasteiger partial charge is 0.325 e. The number of hydrogen-bond acceptors (Lipinski definition) is 5. The highest BCUT2D eigenvalue weighted by atomic mass is 32.1. The van der Waals surface area contributed by atoms with Gasteiger partial charge in [-0.05, 0) is 24.6 Å². The first-order valence-corrected chi connectivity index (χ1v) is 10.0. The van der Waals surface area contributed by atoms with Gasteiger partial charge in [-0.15, -0.1) is 11.3 Å². The summed E-state index contributed by atoms with van der Waals surface area (Å²) in [6.07, 6.45) is 1.34. The van der Waals surface area contributed by atoms with Crippen LogP contribution in [0.1, 0.15) is 4.88 Å². The summed E-state index contributed by atoms with van der Waals surface area (Å²) in [5.74, 6) is -0.611. The Morgan fingerprint density at radius 2 is 1.70 bits per heavy atom. The van der Waals surface area contributed by atoms with Crippen molar-refractivity contribution >= 4 is 39.2 Å². The molecule has 3 amide bonds. The molecule has 8 heteroatoms. The molecule has 0 aliphatic rings. The standard InChI is InChI=1S/C22H18N4O3S/c1-14-18(15-8-4-2-5-9-15)19-20(30-14)23-13-26(21(19)28)12-17(27)25-22(29)24-16-10-6-3-7-11-16/h2-11,13H,12H2,1H3,(H2,24,25,27,29). The molecule has 0 unspecified atom stereocenters. The Balaban J connectivity index is 1.58. The van der Waals surface area contributed by atoms with Crippen LogP contribution in [0.4, 0.5) is 10.5 Å². The molecule has 4 aromatic rings. The number of anilines is 1. The summed E-state index contributed by atoms with van der Waals surface area (Å²) in [5, 5.41) is 5.27. The molecule has 0 saturated heterocycles. The zero-order chi connectivity index (χ0) is 21.1. The lowest BCUT2D eigenvalue weighted by Gasteiger charge is -2.08. The van der Waals surface area contributed by atoms with Crippen molar-refractivity contribution in [3.63, 3.8) is 0 Å². The van der Waals surface area contributed by atoms with E-state index in [1.165, 1.54) is 22.2 Å². The summed E-state index contributed by atoms with van der Waals surface area (Å²) >= 11 is 1.44. The number of imide groups is 1. The molecular formula is C22H18N4O3S. The summed E-state index contributed by atoms with van der Waals surface area (Å²) in [7, 11) is 0. The molecule has 0 aliphatic carbocycles. The topological polar surface area (TPSA) is 93.1 Å². The van der Waals surface area contributed by atoms with Crippen LogP contribution in [0.5, 0.6) is 0 Å². The van der Waals surface area contributed by atoms with Gasteiger partial charge in [-0.1, -0.05) is 48.5 Å². The van der Waals surface area contributed by atoms with E-state index in [1.54, 1.807) is 24.3 Å². The maximum absolute atomic E-state index is 13.1. The maximum Gasteiger partial charge on any atom is 0.325 e. The third-order valence-corrected chi connectivity index (χ3v) is 5.53. The molecule has 2 aromatic heterocycles. The second kappa shape index (κ2) is 8.30. The Morgan fingerprint density at radius 3 is 2.40 bits per heavy atom. The van der Waals surface area contributed by atoms with Gasteiger partial charge in [0, 0.05) is 16.1 Å². The van der Waals surface area contributed by atoms with E-state index in [-0.39, 0.29) is 12.1 Å². The molecule has 0 radical (unpaired) electrons. The molecule has 0 atom stereocenters. The number of aromatic nitrogens is 2. The van der Waals surface area contributed by atoms with E-state index < -0.39 is 11.9 Å². The quantitative estimate of drug-likeness (QED) is 0.527. The average molecular weight is 418 g/mol. The van der Waals surface area contributed by atoms with Gasteiger partial charge in [0.2, 0.25) is 5.91 Å². The number of rotatable bonds is 4. The van der Waals surface area contributed by atoms with Gasteiger partial charge < -0.3 is 5.32 Å². The van der Waals surface area contributed by atoms with Gasteiger partial charge in [0.25, 0.3) is 5.56 Å². The lowest BCUT2D eigenvalue weighted by Crippen LogP contribution is -2.38. The first-order chi connectivity index (χ1) is 14.5. The number of para-hydroxylation sites is 1. The van der Waals surface area contributed by atoms with Crippen LogP contribution in [0.2, 0.25) is 0 Å².